The van der Waals surface area contributed by atoms with Gasteiger partial charge in [0.05, 0.1) is 17.8 Å². The second-order valence-electron chi connectivity index (χ2n) is 5.38. The Balaban J connectivity index is 1.62. The van der Waals surface area contributed by atoms with Crippen molar-refractivity contribution in [1.29, 1.82) is 0 Å². The zero-order chi connectivity index (χ0) is 15.4. The molecule has 2 aromatic rings. The van der Waals surface area contributed by atoms with E-state index in [1.165, 1.54) is 10.9 Å². The van der Waals surface area contributed by atoms with Crippen LogP contribution in [0.3, 0.4) is 0 Å². The van der Waals surface area contributed by atoms with E-state index >= 15 is 0 Å². The summed E-state index contributed by atoms with van der Waals surface area (Å²) in [5.74, 6) is -0.195. The average Bonchev–Trinajstić information content (AvgIpc) is 2.56. The first-order chi connectivity index (χ1) is 10.7. The molecule has 0 unspecified atom stereocenters. The van der Waals surface area contributed by atoms with Gasteiger partial charge < -0.3 is 5.32 Å². The Kier molecular flexibility index (Phi) is 4.27. The largest absolute Gasteiger partial charge is 0.350 e. The molecular weight excluding hydrogens is 280 g/mol. The van der Waals surface area contributed by atoms with E-state index in [0.717, 1.165) is 36.9 Å². The van der Waals surface area contributed by atoms with E-state index in [4.69, 9.17) is 0 Å². The summed E-state index contributed by atoms with van der Waals surface area (Å²) in [4.78, 5) is 27.8. The third-order valence-corrected chi connectivity index (χ3v) is 3.81. The molecule has 22 heavy (non-hydrogen) atoms. The van der Waals surface area contributed by atoms with Crippen LogP contribution in [0.5, 0.6) is 0 Å². The molecule has 0 saturated carbocycles. The monoisotopic (exact) mass is 298 g/mol. The lowest BCUT2D eigenvalue weighted by molar-refractivity contribution is 0.0951. The molecule has 2 aromatic heterocycles. The van der Waals surface area contributed by atoms with Crippen LogP contribution in [0.4, 0.5) is 0 Å². The fourth-order valence-electron chi connectivity index (χ4n) is 2.64. The summed E-state index contributed by atoms with van der Waals surface area (Å²) in [6.45, 7) is 0.734. The van der Waals surface area contributed by atoms with Crippen LogP contribution in [-0.2, 0) is 19.4 Å². The molecule has 0 aromatic carbocycles. The molecule has 0 spiro atoms. The zero-order valence-electron chi connectivity index (χ0n) is 12.3. The van der Waals surface area contributed by atoms with Crippen molar-refractivity contribution in [3.63, 3.8) is 0 Å². The molecule has 6 heteroatoms. The van der Waals surface area contributed by atoms with Gasteiger partial charge in [-0.3, -0.25) is 14.6 Å². The van der Waals surface area contributed by atoms with Crippen LogP contribution in [0.2, 0.25) is 0 Å². The second-order valence-corrected chi connectivity index (χ2v) is 5.38. The van der Waals surface area contributed by atoms with E-state index in [1.807, 2.05) is 0 Å². The smallest absolute Gasteiger partial charge is 0.267 e. The minimum atomic E-state index is -0.195. The Morgan fingerprint density at radius 2 is 2.18 bits per heavy atom. The molecule has 0 saturated heterocycles. The Morgan fingerprint density at radius 1 is 1.32 bits per heavy atom. The number of nitrogens with zero attached hydrogens (tertiary/aromatic N) is 3. The van der Waals surface area contributed by atoms with Gasteiger partial charge in [0.1, 0.15) is 0 Å². The average molecular weight is 298 g/mol. The van der Waals surface area contributed by atoms with E-state index in [2.05, 4.69) is 15.4 Å². The van der Waals surface area contributed by atoms with Gasteiger partial charge in [0, 0.05) is 25.0 Å². The van der Waals surface area contributed by atoms with Crippen molar-refractivity contribution in [3.05, 3.63) is 57.8 Å². The van der Waals surface area contributed by atoms with Crippen LogP contribution in [0.1, 0.15) is 34.5 Å². The van der Waals surface area contributed by atoms with Gasteiger partial charge in [0.25, 0.3) is 11.5 Å². The lowest BCUT2D eigenvalue weighted by Gasteiger charge is -2.16. The van der Waals surface area contributed by atoms with E-state index in [0.29, 0.717) is 18.7 Å². The number of aryl methyl sites for hydroxylation is 2. The normalized spacial score (nSPS) is 13.5. The summed E-state index contributed by atoms with van der Waals surface area (Å²) >= 11 is 0. The van der Waals surface area contributed by atoms with Gasteiger partial charge in [-0.2, -0.15) is 5.10 Å². The molecule has 0 radical (unpaired) electrons. The summed E-state index contributed by atoms with van der Waals surface area (Å²) < 4.78 is 1.44. The predicted molar refractivity (Wildman–Crippen MR) is 81.7 cm³/mol. The van der Waals surface area contributed by atoms with Gasteiger partial charge in [-0.1, -0.05) is 0 Å². The molecule has 2 heterocycles. The van der Waals surface area contributed by atoms with E-state index in [-0.39, 0.29) is 11.5 Å². The van der Waals surface area contributed by atoms with Gasteiger partial charge in [-0.25, -0.2) is 4.68 Å². The van der Waals surface area contributed by atoms with Crippen LogP contribution in [0.15, 0.2) is 35.4 Å². The maximum atomic E-state index is 12.0. The molecule has 0 bridgehead atoms. The topological polar surface area (TPSA) is 76.9 Å². The zero-order valence-corrected chi connectivity index (χ0v) is 12.3. The molecule has 1 amide bonds. The number of fused-ring (bicyclic) bond motifs is 1. The maximum absolute atomic E-state index is 12.0. The van der Waals surface area contributed by atoms with Gasteiger partial charge in [-0.15, -0.1) is 0 Å². The number of rotatable bonds is 4. The van der Waals surface area contributed by atoms with Crippen molar-refractivity contribution in [2.45, 2.75) is 32.2 Å². The van der Waals surface area contributed by atoms with Crippen molar-refractivity contribution in [2.75, 3.05) is 6.54 Å². The molecule has 1 aliphatic rings. The number of amides is 1. The highest BCUT2D eigenvalue weighted by Crippen LogP contribution is 2.16. The molecule has 3 rings (SSSR count). The van der Waals surface area contributed by atoms with Crippen molar-refractivity contribution in [3.8, 4) is 0 Å². The molecular formula is C16H18N4O2. The Hall–Kier alpha value is -2.50. The van der Waals surface area contributed by atoms with E-state index in [1.54, 1.807) is 24.4 Å². The summed E-state index contributed by atoms with van der Waals surface area (Å²) in [5.41, 5.74) is 2.50. The maximum Gasteiger partial charge on any atom is 0.267 e. The van der Waals surface area contributed by atoms with Crippen LogP contribution in [0.25, 0.3) is 0 Å². The fourth-order valence-corrected chi connectivity index (χ4v) is 2.64. The number of carbonyl (C=O) groups is 1. The molecule has 0 atom stereocenters. The first kappa shape index (κ1) is 14.4. The van der Waals surface area contributed by atoms with Crippen molar-refractivity contribution in [2.24, 2.45) is 0 Å². The van der Waals surface area contributed by atoms with Crippen LogP contribution in [-0.4, -0.2) is 27.2 Å². The van der Waals surface area contributed by atoms with Gasteiger partial charge >= 0.3 is 0 Å². The third-order valence-electron chi connectivity index (χ3n) is 3.81. The highest BCUT2D eigenvalue weighted by Gasteiger charge is 2.13. The number of hydrogen-bond donors (Lipinski definition) is 1. The first-order valence-electron chi connectivity index (χ1n) is 7.52. The molecule has 0 fully saturated rings. The lowest BCUT2D eigenvalue weighted by Crippen LogP contribution is -2.33. The number of carbonyl (C=O) groups excluding carboxylic acids is 1. The van der Waals surface area contributed by atoms with Gasteiger partial charge in [0.2, 0.25) is 0 Å². The minimum Gasteiger partial charge on any atom is -0.350 e. The van der Waals surface area contributed by atoms with Crippen molar-refractivity contribution in [1.82, 2.24) is 20.1 Å². The summed E-state index contributed by atoms with van der Waals surface area (Å²) in [7, 11) is 0. The summed E-state index contributed by atoms with van der Waals surface area (Å²) in [6.07, 6.45) is 7.25. The van der Waals surface area contributed by atoms with Crippen LogP contribution >= 0.6 is 0 Å². The Morgan fingerprint density at radius 3 is 3.00 bits per heavy atom. The van der Waals surface area contributed by atoms with Crippen LogP contribution in [0, 0.1) is 0 Å². The summed E-state index contributed by atoms with van der Waals surface area (Å²) in [6, 6.07) is 5.10. The first-order valence-corrected chi connectivity index (χ1v) is 7.52. The third kappa shape index (κ3) is 3.21. The Labute approximate surface area is 128 Å². The molecule has 1 aliphatic carbocycles. The van der Waals surface area contributed by atoms with Crippen LogP contribution < -0.4 is 10.9 Å². The van der Waals surface area contributed by atoms with Crippen molar-refractivity contribution >= 4 is 5.91 Å². The molecule has 114 valence electrons. The second kappa shape index (κ2) is 6.51. The standard InChI is InChI=1S/C16H18N4O2/c21-15-10-12-4-1-2-6-14(12)19-20(15)9-8-18-16(22)13-5-3-7-17-11-13/h3,5,7,10-11H,1-2,4,6,8-9H2,(H,18,22). The SMILES string of the molecule is O=C(NCCn1nc2c(cc1=O)CCCC2)c1cccnc1. The molecule has 6 nitrogen and oxygen atoms in total. The highest BCUT2D eigenvalue weighted by molar-refractivity contribution is 5.93. The molecule has 0 aliphatic heterocycles. The molecule has 1 N–H and O–H groups in total. The number of pyridine rings is 1. The predicted octanol–water partition coefficient (Wildman–Crippen LogP) is 0.947. The van der Waals surface area contributed by atoms with E-state index < -0.39 is 0 Å². The number of aromatic nitrogens is 3. The minimum absolute atomic E-state index is 0.101. The van der Waals surface area contributed by atoms with Gasteiger partial charge in [-0.05, 0) is 43.4 Å². The number of nitrogens with one attached hydrogen (secondary N) is 1. The lowest BCUT2D eigenvalue weighted by atomic mass is 9.97. The Bertz CT molecular complexity index is 725. The fraction of sp³-hybridized carbons (Fsp3) is 0.375. The van der Waals surface area contributed by atoms with Gasteiger partial charge in [0.15, 0.2) is 0 Å². The van der Waals surface area contributed by atoms with Crippen molar-refractivity contribution < 1.29 is 4.79 Å². The van der Waals surface area contributed by atoms with E-state index in [9.17, 15) is 9.59 Å². The quantitative estimate of drug-likeness (QED) is 0.911. The summed E-state index contributed by atoms with van der Waals surface area (Å²) in [5, 5.41) is 7.20. The number of hydrogen-bond acceptors (Lipinski definition) is 4. The highest BCUT2D eigenvalue weighted by atomic mass is 16.2.